The van der Waals surface area contributed by atoms with Gasteiger partial charge in [-0.3, -0.25) is 9.63 Å². The number of nitrogens with one attached hydrogen (secondary N) is 1. The normalized spacial score (nSPS) is 46.2. The van der Waals surface area contributed by atoms with E-state index in [2.05, 4.69) is 19.3 Å². The first-order valence-corrected chi connectivity index (χ1v) is 9.14. The van der Waals surface area contributed by atoms with Gasteiger partial charge < -0.3 is 28.6 Å². The Kier molecular flexibility index (Phi) is 5.93. The summed E-state index contributed by atoms with van der Waals surface area (Å²) in [5.74, 6) is 1.16. The van der Waals surface area contributed by atoms with Crippen LogP contribution in [0.25, 0.3) is 0 Å². The number of ether oxygens (including phenoxy) is 1. The van der Waals surface area contributed by atoms with Gasteiger partial charge in [-0.2, -0.15) is 11.4 Å². The standard InChI is InChI=1S/C18H28N2O4.Os/c1-4-9(2)11-6-14-18(23-14)17-16(11)12-7-20(15(22)8-21)10(3)5-13(12)24-19-17;/h9-14,16-19,21H,1-2,4-8H2,3H3;/q-2;+2. The predicted octanol–water partition coefficient (Wildman–Crippen LogP) is 0.563. The number of hydrogen-bond acceptors (Lipinski definition) is 5. The average molecular weight is 527 g/mol. The van der Waals surface area contributed by atoms with E-state index < -0.39 is 6.61 Å². The van der Waals surface area contributed by atoms with Crippen LogP contribution in [-0.2, 0) is 34.2 Å². The Morgan fingerprint density at radius 3 is 2.84 bits per heavy atom. The smallest absolute Gasteiger partial charge is 0.387 e. The SMILES string of the molecule is [CH2-]CC([CH2-])C1CC2OC2C2NOC3CC(C)N(C(=O)CO)CC3C12.[Os+2]. The first-order chi connectivity index (χ1) is 11.5. The number of epoxide rings is 1. The number of aliphatic hydroxyl groups excluding tert-OH is 1. The Labute approximate surface area is 163 Å². The molecule has 3 saturated heterocycles. The fraction of sp³-hybridized carbons (Fsp3) is 0.833. The van der Waals surface area contributed by atoms with Gasteiger partial charge in [0.25, 0.3) is 0 Å². The molecule has 0 spiro atoms. The molecule has 0 bridgehead atoms. The Morgan fingerprint density at radius 1 is 1.40 bits per heavy atom. The molecule has 0 aromatic rings. The summed E-state index contributed by atoms with van der Waals surface area (Å²) >= 11 is 0. The third kappa shape index (κ3) is 3.32. The van der Waals surface area contributed by atoms with E-state index in [0.717, 1.165) is 19.3 Å². The minimum absolute atomic E-state index is 0. The van der Waals surface area contributed by atoms with Crippen molar-refractivity contribution in [2.24, 2.45) is 23.7 Å². The monoisotopic (exact) mass is 528 g/mol. The van der Waals surface area contributed by atoms with Crippen molar-refractivity contribution in [3.63, 3.8) is 0 Å². The van der Waals surface area contributed by atoms with Gasteiger partial charge in [0.2, 0.25) is 5.91 Å². The van der Waals surface area contributed by atoms with Crippen LogP contribution >= 0.6 is 0 Å². The number of aliphatic hydroxyl groups is 1. The molecule has 0 radical (unpaired) electrons. The molecule has 7 heteroatoms. The molecule has 3 aliphatic heterocycles. The van der Waals surface area contributed by atoms with Crippen LogP contribution in [0.1, 0.15) is 26.2 Å². The number of carbonyl (C=O) groups is 1. The molecule has 9 unspecified atom stereocenters. The van der Waals surface area contributed by atoms with Gasteiger partial charge in [0.1, 0.15) is 12.7 Å². The van der Waals surface area contributed by atoms with E-state index in [1.807, 2.05) is 11.8 Å². The van der Waals surface area contributed by atoms with Gasteiger partial charge in [-0.15, -0.1) is 0 Å². The fourth-order valence-electron chi connectivity index (χ4n) is 5.30. The van der Waals surface area contributed by atoms with Crippen molar-refractivity contribution in [3.05, 3.63) is 13.8 Å². The zero-order valence-electron chi connectivity index (χ0n) is 14.6. The van der Waals surface area contributed by atoms with Crippen molar-refractivity contribution < 1.29 is 39.3 Å². The Balaban J connectivity index is 0.00000182. The van der Waals surface area contributed by atoms with Crippen molar-refractivity contribution in [3.8, 4) is 0 Å². The van der Waals surface area contributed by atoms with Gasteiger partial charge in [0.15, 0.2) is 0 Å². The van der Waals surface area contributed by atoms with Gasteiger partial charge in [0, 0.05) is 18.5 Å². The first kappa shape index (κ1) is 19.7. The number of likely N-dealkylation sites (tertiary alicyclic amines) is 1. The minimum atomic E-state index is -0.428. The summed E-state index contributed by atoms with van der Waals surface area (Å²) in [6, 6.07) is 0.255. The molecule has 4 aliphatic rings. The minimum Gasteiger partial charge on any atom is -0.387 e. The Bertz CT molecular complexity index is 507. The summed E-state index contributed by atoms with van der Waals surface area (Å²) in [7, 11) is 0. The molecule has 1 aliphatic carbocycles. The average Bonchev–Trinajstić information content (AvgIpc) is 3.38. The van der Waals surface area contributed by atoms with E-state index in [9.17, 15) is 9.90 Å². The van der Waals surface area contributed by atoms with Gasteiger partial charge in [-0.05, 0) is 25.7 Å². The number of carbonyl (C=O) groups excluding carboxylic acids is 1. The molecule has 1 amide bonds. The second kappa shape index (κ2) is 7.52. The quantitative estimate of drug-likeness (QED) is 0.416. The largest absolute Gasteiger partial charge is 2.00 e. The number of nitrogens with zero attached hydrogens (tertiary/aromatic N) is 1. The molecule has 4 fully saturated rings. The number of piperidine rings is 1. The number of amides is 1. The van der Waals surface area contributed by atoms with Crippen LogP contribution in [0.15, 0.2) is 0 Å². The maximum absolute atomic E-state index is 12.1. The fourth-order valence-corrected chi connectivity index (χ4v) is 5.30. The van der Waals surface area contributed by atoms with E-state index in [0.29, 0.717) is 24.5 Å². The van der Waals surface area contributed by atoms with Crippen LogP contribution in [0, 0.1) is 37.5 Å². The molecule has 2 N–H and O–H groups in total. The van der Waals surface area contributed by atoms with Crippen LogP contribution in [-0.4, -0.2) is 59.5 Å². The third-order valence-electron chi connectivity index (χ3n) is 6.66. The Hall–Kier alpha value is -0.0536. The zero-order valence-corrected chi connectivity index (χ0v) is 17.2. The van der Waals surface area contributed by atoms with E-state index in [1.165, 1.54) is 0 Å². The number of hydroxylamine groups is 1. The van der Waals surface area contributed by atoms with Gasteiger partial charge in [-0.1, -0.05) is 5.92 Å². The number of hydrogen-bond donors (Lipinski definition) is 2. The zero-order chi connectivity index (χ0) is 17.0. The van der Waals surface area contributed by atoms with Crippen molar-refractivity contribution in [2.75, 3.05) is 13.2 Å². The van der Waals surface area contributed by atoms with Crippen molar-refractivity contribution >= 4 is 5.91 Å². The van der Waals surface area contributed by atoms with Gasteiger partial charge >= 0.3 is 19.8 Å². The maximum Gasteiger partial charge on any atom is 2.00 e. The molecule has 0 aromatic heterocycles. The van der Waals surface area contributed by atoms with Crippen molar-refractivity contribution in [2.45, 2.75) is 56.6 Å². The van der Waals surface area contributed by atoms with Crippen molar-refractivity contribution in [1.29, 1.82) is 0 Å². The maximum atomic E-state index is 12.1. The molecule has 9 atom stereocenters. The summed E-state index contributed by atoms with van der Waals surface area (Å²) < 4.78 is 5.86. The van der Waals surface area contributed by atoms with Gasteiger partial charge in [0.05, 0.1) is 18.2 Å². The van der Waals surface area contributed by atoms with Crippen LogP contribution in [0.4, 0.5) is 0 Å². The molecule has 6 nitrogen and oxygen atoms in total. The number of fused-ring (bicyclic) bond motifs is 5. The summed E-state index contributed by atoms with van der Waals surface area (Å²) in [5.41, 5.74) is 3.27. The third-order valence-corrected chi connectivity index (χ3v) is 6.66. The van der Waals surface area contributed by atoms with Crippen molar-refractivity contribution in [1.82, 2.24) is 10.4 Å². The Morgan fingerprint density at radius 2 is 2.16 bits per heavy atom. The summed E-state index contributed by atoms with van der Waals surface area (Å²) in [6.45, 7) is 10.6. The van der Waals surface area contributed by atoms with Crippen LogP contribution in [0.5, 0.6) is 0 Å². The molecule has 142 valence electrons. The topological polar surface area (TPSA) is 74.3 Å². The second-order valence-electron chi connectivity index (χ2n) is 7.92. The summed E-state index contributed by atoms with van der Waals surface area (Å²) in [4.78, 5) is 19.9. The van der Waals surface area contributed by atoms with E-state index in [4.69, 9.17) is 9.57 Å². The molecule has 1 saturated carbocycles. The summed E-state index contributed by atoms with van der Waals surface area (Å²) in [6.07, 6.45) is 3.27. The summed E-state index contributed by atoms with van der Waals surface area (Å²) in [5, 5.41) is 9.29. The van der Waals surface area contributed by atoms with E-state index in [1.54, 1.807) is 0 Å². The predicted molar refractivity (Wildman–Crippen MR) is 87.2 cm³/mol. The van der Waals surface area contributed by atoms with Gasteiger partial charge in [-0.25, -0.2) is 6.42 Å². The van der Waals surface area contributed by atoms with Crippen LogP contribution in [0.3, 0.4) is 0 Å². The molecule has 0 aromatic carbocycles. The molecule has 4 rings (SSSR count). The second-order valence-corrected chi connectivity index (χ2v) is 7.92. The molecular formula is C18H28N2O4Os. The molecular weight excluding hydrogens is 498 g/mol. The molecule has 25 heavy (non-hydrogen) atoms. The van der Waals surface area contributed by atoms with Crippen LogP contribution < -0.4 is 5.48 Å². The number of rotatable bonds is 3. The van der Waals surface area contributed by atoms with Crippen LogP contribution in [0.2, 0.25) is 0 Å². The first-order valence-electron chi connectivity index (χ1n) is 9.14. The molecule has 3 heterocycles. The van der Waals surface area contributed by atoms with E-state index in [-0.39, 0.29) is 61.8 Å². The van der Waals surface area contributed by atoms with E-state index >= 15 is 0 Å².